The summed E-state index contributed by atoms with van der Waals surface area (Å²) >= 11 is 3.40. The van der Waals surface area contributed by atoms with E-state index in [1.54, 1.807) is 7.05 Å². The molecule has 0 amide bonds. The minimum atomic E-state index is -0.203. The molecule has 7 heteroatoms. The van der Waals surface area contributed by atoms with Gasteiger partial charge in [0.05, 0.1) is 5.69 Å². The van der Waals surface area contributed by atoms with Gasteiger partial charge in [0.25, 0.3) is 0 Å². The summed E-state index contributed by atoms with van der Waals surface area (Å²) in [6.07, 6.45) is 2.00. The molecule has 0 saturated carbocycles. The lowest BCUT2D eigenvalue weighted by Gasteiger charge is -2.28. The Labute approximate surface area is 137 Å². The van der Waals surface area contributed by atoms with Crippen molar-refractivity contribution in [3.8, 4) is 11.7 Å². The number of aryl methyl sites for hydroxylation is 1. The molecular formula is C15H19BrN4O2. The van der Waals surface area contributed by atoms with Crippen molar-refractivity contribution in [3.63, 3.8) is 0 Å². The van der Waals surface area contributed by atoms with E-state index in [4.69, 9.17) is 4.74 Å². The van der Waals surface area contributed by atoms with Crippen LogP contribution in [0.1, 0.15) is 12.8 Å². The molecule has 1 aromatic carbocycles. The number of rotatable bonds is 3. The highest BCUT2D eigenvalue weighted by Gasteiger charge is 2.22. The number of hydrogen-bond donors (Lipinski definition) is 0. The van der Waals surface area contributed by atoms with Gasteiger partial charge >= 0.3 is 11.7 Å². The number of piperidine rings is 1. The molecule has 1 aromatic heterocycles. The number of nitrogens with zero attached hydrogens (tertiary/aromatic N) is 4. The topological polar surface area (TPSA) is 52.3 Å². The van der Waals surface area contributed by atoms with E-state index >= 15 is 0 Å². The van der Waals surface area contributed by atoms with Crippen molar-refractivity contribution in [3.05, 3.63) is 39.2 Å². The molecule has 22 heavy (non-hydrogen) atoms. The molecule has 0 aliphatic carbocycles. The van der Waals surface area contributed by atoms with Gasteiger partial charge in [-0.25, -0.2) is 14.0 Å². The molecule has 0 N–H and O–H groups in total. The molecule has 0 unspecified atom stereocenters. The minimum Gasteiger partial charge on any atom is -0.460 e. The molecule has 1 aliphatic rings. The highest BCUT2D eigenvalue weighted by Crippen LogP contribution is 2.20. The maximum absolute atomic E-state index is 12.3. The first kappa shape index (κ1) is 15.3. The summed E-state index contributed by atoms with van der Waals surface area (Å²) in [6.45, 7) is 2.00. The average Bonchev–Trinajstić information content (AvgIpc) is 2.77. The van der Waals surface area contributed by atoms with Gasteiger partial charge in [-0.15, -0.1) is 5.10 Å². The fourth-order valence-corrected chi connectivity index (χ4v) is 2.85. The minimum absolute atomic E-state index is 0.104. The van der Waals surface area contributed by atoms with Crippen LogP contribution in [-0.2, 0) is 7.05 Å². The van der Waals surface area contributed by atoms with E-state index in [9.17, 15) is 4.79 Å². The average molecular weight is 367 g/mol. The normalized spacial score (nSPS) is 16.9. The van der Waals surface area contributed by atoms with Gasteiger partial charge in [-0.1, -0.05) is 15.9 Å². The molecule has 6 nitrogen and oxygen atoms in total. The molecule has 3 rings (SSSR count). The van der Waals surface area contributed by atoms with E-state index in [-0.39, 0.29) is 11.8 Å². The largest absolute Gasteiger partial charge is 0.460 e. The van der Waals surface area contributed by atoms with Crippen molar-refractivity contribution < 1.29 is 4.74 Å². The second kappa shape index (κ2) is 6.26. The lowest BCUT2D eigenvalue weighted by molar-refractivity contribution is 0.103. The van der Waals surface area contributed by atoms with Gasteiger partial charge in [0.2, 0.25) is 0 Å². The summed E-state index contributed by atoms with van der Waals surface area (Å²) in [4.78, 5) is 14.6. The van der Waals surface area contributed by atoms with E-state index in [0.717, 1.165) is 36.1 Å². The number of likely N-dealkylation sites (tertiary alicyclic amines) is 1. The zero-order valence-corrected chi connectivity index (χ0v) is 14.3. The van der Waals surface area contributed by atoms with Crippen LogP contribution >= 0.6 is 15.9 Å². The van der Waals surface area contributed by atoms with Crippen molar-refractivity contribution in [2.24, 2.45) is 7.05 Å². The molecule has 118 valence electrons. The number of ether oxygens (including phenoxy) is 1. The molecule has 0 radical (unpaired) electrons. The van der Waals surface area contributed by atoms with Gasteiger partial charge in [0.1, 0.15) is 6.10 Å². The Bertz CT molecular complexity index is 699. The SMILES string of the molecule is CN1CCC(Oc2nn(C)c(=O)n2-c2ccc(Br)cc2)CC1. The first-order valence-corrected chi connectivity index (χ1v) is 8.11. The standard InChI is InChI=1S/C15H19BrN4O2/c1-18-9-7-13(8-10-18)22-14-17-19(2)15(21)20(14)12-5-3-11(16)4-6-12/h3-6,13H,7-10H2,1-2H3. The Hall–Kier alpha value is -1.60. The smallest absolute Gasteiger partial charge is 0.353 e. The zero-order valence-electron chi connectivity index (χ0n) is 12.7. The van der Waals surface area contributed by atoms with Gasteiger partial charge in [0, 0.05) is 24.6 Å². The molecule has 0 bridgehead atoms. The lowest BCUT2D eigenvalue weighted by Crippen LogP contribution is -2.36. The van der Waals surface area contributed by atoms with Gasteiger partial charge in [-0.2, -0.15) is 0 Å². The number of aromatic nitrogens is 3. The number of benzene rings is 1. The third-order valence-corrected chi connectivity index (χ3v) is 4.45. The highest BCUT2D eigenvalue weighted by atomic mass is 79.9. The van der Waals surface area contributed by atoms with E-state index in [1.807, 2.05) is 24.3 Å². The second-order valence-electron chi connectivity index (χ2n) is 5.62. The van der Waals surface area contributed by atoms with Crippen molar-refractivity contribution in [1.82, 2.24) is 19.2 Å². The van der Waals surface area contributed by atoms with E-state index in [2.05, 4.69) is 33.0 Å². The van der Waals surface area contributed by atoms with E-state index < -0.39 is 0 Å². The predicted molar refractivity (Wildman–Crippen MR) is 87.7 cm³/mol. The fourth-order valence-electron chi connectivity index (χ4n) is 2.58. The second-order valence-corrected chi connectivity index (χ2v) is 6.54. The summed E-state index contributed by atoms with van der Waals surface area (Å²) in [7, 11) is 3.74. The molecule has 2 aromatic rings. The van der Waals surface area contributed by atoms with Crippen LogP contribution in [0.25, 0.3) is 5.69 Å². The van der Waals surface area contributed by atoms with Crippen LogP contribution < -0.4 is 10.4 Å². The van der Waals surface area contributed by atoms with Crippen LogP contribution in [0.2, 0.25) is 0 Å². The summed E-state index contributed by atoms with van der Waals surface area (Å²) in [6, 6.07) is 7.90. The Morgan fingerprint density at radius 2 is 1.82 bits per heavy atom. The number of halogens is 1. The predicted octanol–water partition coefficient (Wildman–Crippen LogP) is 1.81. The molecule has 1 fully saturated rings. The molecule has 1 aliphatic heterocycles. The van der Waals surface area contributed by atoms with Crippen molar-refractivity contribution in [1.29, 1.82) is 0 Å². The quantitative estimate of drug-likeness (QED) is 0.831. The van der Waals surface area contributed by atoms with Crippen LogP contribution in [0.3, 0.4) is 0 Å². The van der Waals surface area contributed by atoms with Crippen molar-refractivity contribution >= 4 is 15.9 Å². The summed E-state index contributed by atoms with van der Waals surface area (Å²) in [5, 5.41) is 4.24. The van der Waals surface area contributed by atoms with Crippen molar-refractivity contribution in [2.75, 3.05) is 20.1 Å². The highest BCUT2D eigenvalue weighted by molar-refractivity contribution is 9.10. The molecular weight excluding hydrogens is 348 g/mol. The van der Waals surface area contributed by atoms with Gasteiger partial charge in [-0.05, 0) is 44.2 Å². The Balaban J connectivity index is 1.90. The van der Waals surface area contributed by atoms with Crippen LogP contribution in [0.15, 0.2) is 33.5 Å². The Morgan fingerprint density at radius 3 is 2.45 bits per heavy atom. The van der Waals surface area contributed by atoms with Crippen LogP contribution in [0.5, 0.6) is 6.01 Å². The van der Waals surface area contributed by atoms with Gasteiger partial charge < -0.3 is 9.64 Å². The fraction of sp³-hybridized carbons (Fsp3) is 0.467. The molecule has 2 heterocycles. The molecule has 0 atom stereocenters. The summed E-state index contributed by atoms with van der Waals surface area (Å²) in [5.74, 6) is 0. The van der Waals surface area contributed by atoms with Crippen LogP contribution in [-0.4, -0.2) is 45.5 Å². The third kappa shape index (κ3) is 3.10. The van der Waals surface area contributed by atoms with Crippen LogP contribution in [0, 0.1) is 0 Å². The maximum Gasteiger partial charge on any atom is 0.353 e. The van der Waals surface area contributed by atoms with E-state index in [1.165, 1.54) is 9.25 Å². The van der Waals surface area contributed by atoms with Crippen molar-refractivity contribution in [2.45, 2.75) is 18.9 Å². The third-order valence-electron chi connectivity index (χ3n) is 3.92. The van der Waals surface area contributed by atoms with Gasteiger partial charge in [0.15, 0.2) is 0 Å². The zero-order chi connectivity index (χ0) is 15.7. The summed E-state index contributed by atoms with van der Waals surface area (Å²) < 4.78 is 9.81. The molecule has 1 saturated heterocycles. The monoisotopic (exact) mass is 366 g/mol. The lowest BCUT2D eigenvalue weighted by atomic mass is 10.1. The summed E-state index contributed by atoms with van der Waals surface area (Å²) in [5.41, 5.74) is 0.550. The first-order chi connectivity index (χ1) is 10.5. The Kier molecular flexibility index (Phi) is 4.35. The van der Waals surface area contributed by atoms with Gasteiger partial charge in [-0.3, -0.25) is 0 Å². The Morgan fingerprint density at radius 1 is 1.18 bits per heavy atom. The maximum atomic E-state index is 12.3. The van der Waals surface area contributed by atoms with E-state index in [0.29, 0.717) is 6.01 Å². The molecule has 0 spiro atoms. The number of hydrogen-bond acceptors (Lipinski definition) is 4. The van der Waals surface area contributed by atoms with Crippen LogP contribution in [0.4, 0.5) is 0 Å². The first-order valence-electron chi connectivity index (χ1n) is 7.32.